The first kappa shape index (κ1) is 26.1. The van der Waals surface area contributed by atoms with Crippen molar-refractivity contribution < 1.29 is 9.59 Å². The molecule has 4 rings (SSSR count). The maximum Gasteiger partial charge on any atom is 0.257 e. The van der Waals surface area contributed by atoms with Gasteiger partial charge < -0.3 is 15.5 Å². The molecule has 35 heavy (non-hydrogen) atoms. The number of anilines is 2. The third-order valence-corrected chi connectivity index (χ3v) is 7.53. The standard InChI is InChI=1S/C26H23Cl3IN3O2/c1-3-33(4-2)24(34)23-20(29)11-17(28)12-22(23)32-26(14-15-6-5-7-16(27)10-15)19-9-8-18(30)13-21(19)31-25(26)35/h5-13,32H,3-4,14H2,1-2H3,(H,31,35). The molecular formula is C26H23Cl3IN3O2. The first-order chi connectivity index (χ1) is 16.7. The van der Waals surface area contributed by atoms with Crippen LogP contribution < -0.4 is 10.6 Å². The minimum absolute atomic E-state index is 0.219. The summed E-state index contributed by atoms with van der Waals surface area (Å²) in [5.74, 6) is -0.481. The van der Waals surface area contributed by atoms with Crippen LogP contribution in [0.4, 0.5) is 11.4 Å². The van der Waals surface area contributed by atoms with Gasteiger partial charge in [-0.2, -0.15) is 0 Å². The monoisotopic (exact) mass is 641 g/mol. The van der Waals surface area contributed by atoms with E-state index in [-0.39, 0.29) is 28.8 Å². The molecule has 9 heteroatoms. The molecular weight excluding hydrogens is 620 g/mol. The maximum absolute atomic E-state index is 13.7. The van der Waals surface area contributed by atoms with Crippen molar-refractivity contribution in [2.24, 2.45) is 0 Å². The van der Waals surface area contributed by atoms with Crippen LogP contribution in [0.25, 0.3) is 0 Å². The molecule has 0 aromatic heterocycles. The predicted octanol–water partition coefficient (Wildman–Crippen LogP) is 7.24. The number of fused-ring (bicyclic) bond motifs is 1. The molecule has 1 aliphatic rings. The number of carbonyl (C=O) groups excluding carboxylic acids is 2. The summed E-state index contributed by atoms with van der Waals surface area (Å²) < 4.78 is 0.989. The van der Waals surface area contributed by atoms with Crippen molar-refractivity contribution in [2.45, 2.75) is 25.8 Å². The number of nitrogens with one attached hydrogen (secondary N) is 2. The smallest absolute Gasteiger partial charge is 0.257 e. The Kier molecular flexibility index (Phi) is 7.86. The van der Waals surface area contributed by atoms with Crippen molar-refractivity contribution >= 4 is 80.6 Å². The summed E-state index contributed by atoms with van der Waals surface area (Å²) in [4.78, 5) is 28.8. The molecule has 1 unspecified atom stereocenters. The van der Waals surface area contributed by atoms with E-state index in [1.165, 1.54) is 0 Å². The summed E-state index contributed by atoms with van der Waals surface area (Å²) in [5, 5.41) is 7.56. The van der Waals surface area contributed by atoms with Crippen molar-refractivity contribution in [3.63, 3.8) is 0 Å². The summed E-state index contributed by atoms with van der Waals surface area (Å²) in [6.07, 6.45) is 0.288. The van der Waals surface area contributed by atoms with Gasteiger partial charge in [-0.25, -0.2) is 0 Å². The third kappa shape index (κ3) is 5.12. The SMILES string of the molecule is CCN(CC)C(=O)c1c(Cl)cc(Cl)cc1NC1(Cc2cccc(Cl)c2)C(=O)Nc2cc(I)ccc21. The molecule has 0 saturated heterocycles. The molecule has 3 aromatic carbocycles. The second-order valence-corrected chi connectivity index (χ2v) is 10.8. The Morgan fingerprint density at radius 1 is 1.03 bits per heavy atom. The zero-order valence-electron chi connectivity index (χ0n) is 19.1. The minimum Gasteiger partial charge on any atom is -0.367 e. The van der Waals surface area contributed by atoms with Crippen molar-refractivity contribution in [1.82, 2.24) is 4.90 Å². The van der Waals surface area contributed by atoms with E-state index in [1.807, 2.05) is 50.2 Å². The van der Waals surface area contributed by atoms with Gasteiger partial charge in [0.25, 0.3) is 11.8 Å². The van der Waals surface area contributed by atoms with E-state index in [0.29, 0.717) is 34.5 Å². The van der Waals surface area contributed by atoms with Gasteiger partial charge in [0, 0.05) is 44.4 Å². The zero-order chi connectivity index (χ0) is 25.3. The van der Waals surface area contributed by atoms with Gasteiger partial charge in [0.1, 0.15) is 5.54 Å². The summed E-state index contributed by atoms with van der Waals surface area (Å²) in [7, 11) is 0. The number of nitrogens with zero attached hydrogens (tertiary/aromatic N) is 1. The molecule has 1 aliphatic heterocycles. The van der Waals surface area contributed by atoms with Gasteiger partial charge in [0.15, 0.2) is 0 Å². The first-order valence-electron chi connectivity index (χ1n) is 11.1. The second-order valence-electron chi connectivity index (χ2n) is 8.27. The van der Waals surface area contributed by atoms with Crippen molar-refractivity contribution in [1.29, 1.82) is 0 Å². The molecule has 0 aliphatic carbocycles. The topological polar surface area (TPSA) is 61.4 Å². The van der Waals surface area contributed by atoms with Crippen LogP contribution in [0.5, 0.6) is 0 Å². The Morgan fingerprint density at radius 3 is 2.46 bits per heavy atom. The summed E-state index contributed by atoms with van der Waals surface area (Å²) in [6.45, 7) is 4.84. The van der Waals surface area contributed by atoms with Crippen LogP contribution in [0.15, 0.2) is 54.6 Å². The third-order valence-electron chi connectivity index (χ3n) is 6.10. The van der Waals surface area contributed by atoms with Crippen LogP contribution in [0.3, 0.4) is 0 Å². The second kappa shape index (κ2) is 10.5. The van der Waals surface area contributed by atoms with E-state index in [1.54, 1.807) is 23.1 Å². The summed E-state index contributed by atoms with van der Waals surface area (Å²) >= 11 is 21.4. The number of rotatable bonds is 7. The average Bonchev–Trinajstić information content (AvgIpc) is 3.04. The molecule has 2 amide bonds. The van der Waals surface area contributed by atoms with Gasteiger partial charge in [-0.1, -0.05) is 53.0 Å². The van der Waals surface area contributed by atoms with Crippen molar-refractivity contribution in [3.8, 4) is 0 Å². The number of amides is 2. The van der Waals surface area contributed by atoms with Gasteiger partial charge in [-0.15, -0.1) is 0 Å². The average molecular weight is 643 g/mol. The van der Waals surface area contributed by atoms with E-state index in [2.05, 4.69) is 33.2 Å². The number of carbonyl (C=O) groups is 2. The Morgan fingerprint density at radius 2 is 1.77 bits per heavy atom. The largest absolute Gasteiger partial charge is 0.367 e. The van der Waals surface area contributed by atoms with E-state index in [9.17, 15) is 9.59 Å². The molecule has 1 atom stereocenters. The Bertz CT molecular complexity index is 1310. The van der Waals surface area contributed by atoms with Crippen molar-refractivity contribution in [3.05, 3.63) is 89.9 Å². The molecule has 1 heterocycles. The highest BCUT2D eigenvalue weighted by Crippen LogP contribution is 2.43. The lowest BCUT2D eigenvalue weighted by Crippen LogP contribution is -2.45. The minimum atomic E-state index is -1.23. The highest BCUT2D eigenvalue weighted by molar-refractivity contribution is 14.1. The highest BCUT2D eigenvalue weighted by Gasteiger charge is 2.48. The number of hydrogen-bond acceptors (Lipinski definition) is 3. The molecule has 182 valence electrons. The molecule has 0 radical (unpaired) electrons. The van der Waals surface area contributed by atoms with Crippen LogP contribution in [0.1, 0.15) is 35.3 Å². The molecule has 2 N–H and O–H groups in total. The van der Waals surface area contributed by atoms with Gasteiger partial charge >= 0.3 is 0 Å². The summed E-state index contributed by atoms with van der Waals surface area (Å²) in [6, 6.07) is 16.3. The lowest BCUT2D eigenvalue weighted by Gasteiger charge is -2.32. The van der Waals surface area contributed by atoms with Crippen LogP contribution in [-0.4, -0.2) is 29.8 Å². The van der Waals surface area contributed by atoms with E-state index in [4.69, 9.17) is 34.8 Å². The van der Waals surface area contributed by atoms with Gasteiger partial charge in [0.2, 0.25) is 0 Å². The molecule has 3 aromatic rings. The molecule has 0 bridgehead atoms. The van der Waals surface area contributed by atoms with Crippen molar-refractivity contribution in [2.75, 3.05) is 23.7 Å². The van der Waals surface area contributed by atoms with E-state index in [0.717, 1.165) is 14.7 Å². The number of hydrogen-bond donors (Lipinski definition) is 2. The quantitative estimate of drug-likeness (QED) is 0.267. The van der Waals surface area contributed by atoms with Crippen LogP contribution >= 0.6 is 57.4 Å². The normalized spacial score (nSPS) is 16.6. The Labute approximate surface area is 233 Å². The van der Waals surface area contributed by atoms with E-state index >= 15 is 0 Å². The molecule has 0 fully saturated rings. The zero-order valence-corrected chi connectivity index (χ0v) is 23.5. The molecule has 0 spiro atoms. The Balaban J connectivity index is 1.91. The van der Waals surface area contributed by atoms with Gasteiger partial charge in [-0.05, 0) is 78.4 Å². The maximum atomic E-state index is 13.7. The van der Waals surface area contributed by atoms with Gasteiger partial charge in [-0.3, -0.25) is 9.59 Å². The van der Waals surface area contributed by atoms with Crippen LogP contribution in [0.2, 0.25) is 15.1 Å². The van der Waals surface area contributed by atoms with E-state index < -0.39 is 5.54 Å². The lowest BCUT2D eigenvalue weighted by atomic mass is 9.84. The fourth-order valence-electron chi connectivity index (χ4n) is 4.43. The first-order valence-corrected chi connectivity index (χ1v) is 13.3. The predicted molar refractivity (Wildman–Crippen MR) is 152 cm³/mol. The lowest BCUT2D eigenvalue weighted by molar-refractivity contribution is -0.119. The van der Waals surface area contributed by atoms with Crippen LogP contribution in [-0.2, 0) is 16.8 Å². The Hall–Kier alpha value is -2.00. The number of benzene rings is 3. The van der Waals surface area contributed by atoms with Crippen LogP contribution in [0, 0.1) is 3.57 Å². The number of halogens is 4. The fraction of sp³-hybridized carbons (Fsp3) is 0.231. The van der Waals surface area contributed by atoms with Gasteiger partial charge in [0.05, 0.1) is 16.3 Å². The molecule has 0 saturated carbocycles. The molecule has 5 nitrogen and oxygen atoms in total. The fourth-order valence-corrected chi connectivity index (χ4v) is 5.71. The highest BCUT2D eigenvalue weighted by atomic mass is 127. The summed E-state index contributed by atoms with van der Waals surface area (Å²) in [5.41, 5.74) is 1.77.